The van der Waals surface area contributed by atoms with Crippen molar-refractivity contribution in [2.45, 2.75) is 25.2 Å². The lowest BCUT2D eigenvalue weighted by molar-refractivity contribution is 0.276. The van der Waals surface area contributed by atoms with Gasteiger partial charge in [0.1, 0.15) is 17.4 Å². The summed E-state index contributed by atoms with van der Waals surface area (Å²) in [5.74, 6) is 3.39. The second-order valence-corrected chi connectivity index (χ2v) is 8.72. The average molecular weight is 521 g/mol. The SMILES string of the molecule is COc1cc(/C=C2/CCCC3=C2OC(N)=C(C#N)[C@H]3c2cc(OC)c(OC)c(OC)c2)cc(OC)c1OC. The van der Waals surface area contributed by atoms with Gasteiger partial charge in [-0.05, 0) is 71.9 Å². The van der Waals surface area contributed by atoms with Crippen LogP contribution in [0.3, 0.4) is 0 Å². The van der Waals surface area contributed by atoms with E-state index in [9.17, 15) is 5.26 Å². The first kappa shape index (κ1) is 26.6. The van der Waals surface area contributed by atoms with Gasteiger partial charge >= 0.3 is 0 Å². The molecule has 2 aliphatic rings. The lowest BCUT2D eigenvalue weighted by atomic mass is 9.76. The number of allylic oxidation sites excluding steroid dienone is 3. The number of ether oxygens (including phenoxy) is 7. The maximum atomic E-state index is 10.1. The highest BCUT2D eigenvalue weighted by atomic mass is 16.5. The molecule has 2 aromatic carbocycles. The van der Waals surface area contributed by atoms with E-state index in [4.69, 9.17) is 38.9 Å². The van der Waals surface area contributed by atoms with E-state index in [1.165, 1.54) is 0 Å². The molecule has 0 saturated carbocycles. The summed E-state index contributed by atoms with van der Waals surface area (Å²) >= 11 is 0. The first-order valence-corrected chi connectivity index (χ1v) is 12.1. The van der Waals surface area contributed by atoms with E-state index in [0.717, 1.165) is 41.5 Å². The largest absolute Gasteiger partial charge is 0.493 e. The summed E-state index contributed by atoms with van der Waals surface area (Å²) in [4.78, 5) is 0. The van der Waals surface area contributed by atoms with Crippen molar-refractivity contribution in [1.29, 1.82) is 5.26 Å². The Hall–Kier alpha value is -4.45. The second kappa shape index (κ2) is 11.3. The first-order chi connectivity index (χ1) is 18.4. The van der Waals surface area contributed by atoms with Gasteiger partial charge in [-0.1, -0.05) is 0 Å². The molecule has 0 radical (unpaired) electrons. The maximum absolute atomic E-state index is 10.1. The molecule has 0 spiro atoms. The van der Waals surface area contributed by atoms with Gasteiger partial charge in [-0.3, -0.25) is 0 Å². The fourth-order valence-electron chi connectivity index (χ4n) is 5.07. The van der Waals surface area contributed by atoms with Gasteiger partial charge in [0.05, 0.1) is 42.7 Å². The van der Waals surface area contributed by atoms with Gasteiger partial charge in [-0.25, -0.2) is 0 Å². The number of nitriles is 1. The molecule has 9 heteroatoms. The van der Waals surface area contributed by atoms with Gasteiger partial charge in [-0.15, -0.1) is 0 Å². The molecular formula is C29H32N2O7. The lowest BCUT2D eigenvalue weighted by Crippen LogP contribution is -2.24. The number of nitrogens with two attached hydrogens (primary N) is 1. The quantitative estimate of drug-likeness (QED) is 0.510. The van der Waals surface area contributed by atoms with E-state index in [1.807, 2.05) is 30.3 Å². The van der Waals surface area contributed by atoms with Crippen LogP contribution in [0.25, 0.3) is 6.08 Å². The topological polar surface area (TPSA) is 114 Å². The Balaban J connectivity index is 1.89. The van der Waals surface area contributed by atoms with Crippen LogP contribution in [0.1, 0.15) is 36.3 Å². The molecule has 0 aromatic heterocycles. The van der Waals surface area contributed by atoms with Gasteiger partial charge in [0.25, 0.3) is 0 Å². The molecule has 0 unspecified atom stereocenters. The Morgan fingerprint density at radius 1 is 0.816 bits per heavy atom. The molecule has 38 heavy (non-hydrogen) atoms. The summed E-state index contributed by atoms with van der Waals surface area (Å²) in [5.41, 5.74) is 10.2. The third kappa shape index (κ3) is 4.65. The molecule has 1 aliphatic heterocycles. The molecule has 0 saturated heterocycles. The highest BCUT2D eigenvalue weighted by Crippen LogP contribution is 2.50. The van der Waals surface area contributed by atoms with Crippen LogP contribution in [0, 0.1) is 11.3 Å². The van der Waals surface area contributed by atoms with Crippen molar-refractivity contribution in [3.8, 4) is 40.6 Å². The summed E-state index contributed by atoms with van der Waals surface area (Å²) in [7, 11) is 9.40. The van der Waals surface area contributed by atoms with Gasteiger partial charge in [0, 0.05) is 5.92 Å². The summed E-state index contributed by atoms with van der Waals surface area (Å²) in [6, 6.07) is 9.72. The van der Waals surface area contributed by atoms with Crippen LogP contribution in [0.15, 0.2) is 52.6 Å². The second-order valence-electron chi connectivity index (χ2n) is 8.72. The monoisotopic (exact) mass is 520 g/mol. The van der Waals surface area contributed by atoms with E-state index in [0.29, 0.717) is 45.8 Å². The normalized spacial score (nSPS) is 17.8. The van der Waals surface area contributed by atoms with Crippen molar-refractivity contribution >= 4 is 6.08 Å². The minimum Gasteiger partial charge on any atom is -0.493 e. The Labute approximate surface area is 222 Å². The van der Waals surface area contributed by atoms with Crippen LogP contribution in [-0.4, -0.2) is 42.7 Å². The van der Waals surface area contributed by atoms with E-state index in [2.05, 4.69) is 6.07 Å². The van der Waals surface area contributed by atoms with Crippen molar-refractivity contribution in [1.82, 2.24) is 0 Å². The molecule has 1 heterocycles. The van der Waals surface area contributed by atoms with Crippen molar-refractivity contribution in [3.63, 3.8) is 0 Å². The van der Waals surface area contributed by atoms with Gasteiger partial charge < -0.3 is 38.9 Å². The Morgan fingerprint density at radius 2 is 1.34 bits per heavy atom. The van der Waals surface area contributed by atoms with Crippen LogP contribution in [-0.2, 0) is 4.74 Å². The van der Waals surface area contributed by atoms with Gasteiger partial charge in [0.15, 0.2) is 23.0 Å². The van der Waals surface area contributed by atoms with Crippen LogP contribution < -0.4 is 34.2 Å². The minimum atomic E-state index is -0.430. The molecule has 200 valence electrons. The fraction of sp³-hybridized carbons (Fsp3) is 0.345. The number of hydrogen-bond donors (Lipinski definition) is 1. The Bertz CT molecular complexity index is 1320. The van der Waals surface area contributed by atoms with Crippen molar-refractivity contribution in [3.05, 3.63) is 63.8 Å². The lowest BCUT2D eigenvalue weighted by Gasteiger charge is -2.33. The van der Waals surface area contributed by atoms with E-state index in [-0.39, 0.29) is 5.88 Å². The smallest absolute Gasteiger partial charge is 0.205 e. The van der Waals surface area contributed by atoms with Gasteiger partial charge in [-0.2, -0.15) is 5.26 Å². The molecule has 0 fully saturated rings. The number of nitrogens with zero attached hydrogens (tertiary/aromatic N) is 1. The standard InChI is InChI=1S/C29H32N2O7/c1-32-21-11-16(12-22(33-2)27(21)36-5)10-17-8-7-9-19-25(20(15-30)29(31)38-26(17)19)18-13-23(34-3)28(37-6)24(14-18)35-4/h10-14,25H,7-9,31H2,1-6H3/b17-10-/t25-/m0/s1. The van der Waals surface area contributed by atoms with Crippen LogP contribution >= 0.6 is 0 Å². The molecule has 2 aromatic rings. The maximum Gasteiger partial charge on any atom is 0.205 e. The predicted octanol–water partition coefficient (Wildman–Crippen LogP) is 5.07. The van der Waals surface area contributed by atoms with Crippen molar-refractivity contribution < 1.29 is 33.2 Å². The third-order valence-corrected chi connectivity index (χ3v) is 6.76. The van der Waals surface area contributed by atoms with E-state index >= 15 is 0 Å². The zero-order valence-electron chi connectivity index (χ0n) is 22.5. The average Bonchev–Trinajstić information content (AvgIpc) is 2.95. The molecule has 0 bridgehead atoms. The fourth-order valence-corrected chi connectivity index (χ4v) is 5.07. The number of rotatable bonds is 8. The molecule has 9 nitrogen and oxygen atoms in total. The third-order valence-electron chi connectivity index (χ3n) is 6.76. The van der Waals surface area contributed by atoms with E-state index in [1.54, 1.807) is 42.7 Å². The Kier molecular flexibility index (Phi) is 7.91. The molecule has 4 rings (SSSR count). The van der Waals surface area contributed by atoms with Gasteiger partial charge in [0.2, 0.25) is 17.4 Å². The predicted molar refractivity (Wildman–Crippen MR) is 142 cm³/mol. The van der Waals surface area contributed by atoms with Crippen LogP contribution in [0.2, 0.25) is 0 Å². The van der Waals surface area contributed by atoms with Crippen LogP contribution in [0.4, 0.5) is 0 Å². The minimum absolute atomic E-state index is 0.0719. The molecule has 0 amide bonds. The van der Waals surface area contributed by atoms with Crippen molar-refractivity contribution in [2.75, 3.05) is 42.7 Å². The zero-order chi connectivity index (χ0) is 27.4. The number of hydrogen-bond acceptors (Lipinski definition) is 9. The molecule has 1 aliphatic carbocycles. The van der Waals surface area contributed by atoms with Crippen molar-refractivity contribution in [2.24, 2.45) is 5.73 Å². The zero-order valence-corrected chi connectivity index (χ0v) is 22.5. The molecule has 2 N–H and O–H groups in total. The summed E-state index contributed by atoms with van der Waals surface area (Å²) < 4.78 is 39.3. The summed E-state index contributed by atoms with van der Waals surface area (Å²) in [6.45, 7) is 0. The number of methoxy groups -OCH3 is 6. The number of benzene rings is 2. The highest BCUT2D eigenvalue weighted by molar-refractivity contribution is 5.68. The Morgan fingerprint density at radius 3 is 1.82 bits per heavy atom. The van der Waals surface area contributed by atoms with Crippen LogP contribution in [0.5, 0.6) is 34.5 Å². The summed E-state index contributed by atoms with van der Waals surface area (Å²) in [6.07, 6.45) is 4.40. The summed E-state index contributed by atoms with van der Waals surface area (Å²) in [5, 5.41) is 10.1. The highest BCUT2D eigenvalue weighted by Gasteiger charge is 2.36. The first-order valence-electron chi connectivity index (χ1n) is 12.1. The van der Waals surface area contributed by atoms with E-state index < -0.39 is 5.92 Å². The molecular weight excluding hydrogens is 488 g/mol. The molecule has 1 atom stereocenters.